The van der Waals surface area contributed by atoms with Gasteiger partial charge in [-0.2, -0.15) is 8.42 Å². The van der Waals surface area contributed by atoms with E-state index in [4.69, 9.17) is 23.7 Å². The summed E-state index contributed by atoms with van der Waals surface area (Å²) in [6.45, 7) is 2.82. The van der Waals surface area contributed by atoms with E-state index in [1.165, 1.54) is 10.6 Å². The van der Waals surface area contributed by atoms with Gasteiger partial charge in [-0.1, -0.05) is 13.8 Å². The number of cyclic esters (lactones) is 1. The third kappa shape index (κ3) is 6.53. The molecule has 2 aromatic heterocycles. The number of carbonyl (C=O) groups is 4. The zero-order valence-corrected chi connectivity index (χ0v) is 27.5. The summed E-state index contributed by atoms with van der Waals surface area (Å²) in [6, 6.07) is 6.37. The van der Waals surface area contributed by atoms with Crippen LogP contribution in [0.4, 0.5) is 0 Å². The minimum absolute atomic E-state index is 0.103. The zero-order valence-electron chi connectivity index (χ0n) is 26.7. The van der Waals surface area contributed by atoms with Crippen molar-refractivity contribution < 1.29 is 46.4 Å². The Bertz CT molecular complexity index is 2050. The average molecular weight is 683 g/mol. The van der Waals surface area contributed by atoms with E-state index in [-0.39, 0.29) is 42.2 Å². The van der Waals surface area contributed by atoms with Gasteiger partial charge in [0.25, 0.3) is 5.56 Å². The Morgan fingerprint density at radius 3 is 2.56 bits per heavy atom. The zero-order chi connectivity index (χ0) is 35.0. The molecule has 0 fully saturated rings. The number of nitrogens with zero attached hydrogens (tertiary/aromatic N) is 3. The Morgan fingerprint density at radius 2 is 1.90 bits per heavy atom. The summed E-state index contributed by atoms with van der Waals surface area (Å²) in [5.74, 6) is -4.13. The number of aromatic nitrogens is 2. The molecule has 0 saturated heterocycles. The number of rotatable bonds is 12. The van der Waals surface area contributed by atoms with Gasteiger partial charge in [0.1, 0.15) is 18.9 Å². The molecule has 2 N–H and O–H groups in total. The molecule has 0 spiro atoms. The number of fused-ring (bicyclic) bond motifs is 5. The standard InChI is InChI=1S/C32H34N4O11S/c1-5-11-48(43,44)47-18-7-8-24-19(12-18)20(15-35(3)4)21-16-36-25(29(21)34-24)13-23-22(30(36)41)17-45-31(42)32(23,6-2)46-28(40)14-33-26(37)9-10-27(38)39/h7-10,12-13H,5-6,11,14-17H2,1-4H3,(H,33,37)(H,38,39). The minimum atomic E-state index is -3.80. The fraction of sp³-hybridized carbons (Fsp3) is 0.375. The second-order valence-electron chi connectivity index (χ2n) is 11.6. The third-order valence-corrected chi connectivity index (χ3v) is 9.32. The second kappa shape index (κ2) is 13.2. The van der Waals surface area contributed by atoms with Crippen molar-refractivity contribution in [3.05, 3.63) is 69.0 Å². The van der Waals surface area contributed by atoms with Gasteiger partial charge >= 0.3 is 28.0 Å². The first-order valence-corrected chi connectivity index (χ1v) is 16.6. The van der Waals surface area contributed by atoms with Crippen molar-refractivity contribution in [1.29, 1.82) is 0 Å². The van der Waals surface area contributed by atoms with Gasteiger partial charge in [-0.25, -0.2) is 14.6 Å². The normalized spacial score (nSPS) is 16.7. The van der Waals surface area contributed by atoms with Gasteiger partial charge in [-0.15, -0.1) is 0 Å². The van der Waals surface area contributed by atoms with Gasteiger partial charge in [0, 0.05) is 35.2 Å². The van der Waals surface area contributed by atoms with E-state index in [0.717, 1.165) is 11.6 Å². The van der Waals surface area contributed by atoms with E-state index < -0.39 is 51.6 Å². The monoisotopic (exact) mass is 682 g/mol. The maximum Gasteiger partial charge on any atom is 0.355 e. The van der Waals surface area contributed by atoms with E-state index in [2.05, 4.69) is 5.32 Å². The molecule has 254 valence electrons. The largest absolute Gasteiger partial charge is 0.478 e. The van der Waals surface area contributed by atoms with Crippen molar-refractivity contribution in [3.8, 4) is 17.1 Å². The molecule has 0 aliphatic carbocycles. The lowest BCUT2D eigenvalue weighted by Gasteiger charge is -2.35. The number of carboxylic acid groups (broad SMARTS) is 1. The van der Waals surface area contributed by atoms with Crippen molar-refractivity contribution in [1.82, 2.24) is 19.8 Å². The quantitative estimate of drug-likeness (QED) is 0.124. The summed E-state index contributed by atoms with van der Waals surface area (Å²) in [5.41, 5.74) is 0.662. The van der Waals surface area contributed by atoms with Gasteiger partial charge in [0.15, 0.2) is 0 Å². The van der Waals surface area contributed by atoms with Gasteiger partial charge < -0.3 is 33.5 Å². The second-order valence-corrected chi connectivity index (χ2v) is 13.3. The van der Waals surface area contributed by atoms with Crippen LogP contribution in [0.15, 0.2) is 41.2 Å². The Labute approximate surface area is 275 Å². The molecule has 1 atom stereocenters. The minimum Gasteiger partial charge on any atom is -0.478 e. The first kappa shape index (κ1) is 34.3. The van der Waals surface area contributed by atoms with Crippen LogP contribution in [0.5, 0.6) is 5.75 Å². The number of hydrogen-bond acceptors (Lipinski definition) is 12. The molecule has 15 nitrogen and oxygen atoms in total. The summed E-state index contributed by atoms with van der Waals surface area (Å²) in [5, 5.41) is 11.5. The first-order valence-electron chi connectivity index (χ1n) is 15.1. The van der Waals surface area contributed by atoms with Gasteiger partial charge in [-0.05, 0) is 56.8 Å². The Hall–Kier alpha value is -5.09. The lowest BCUT2D eigenvalue weighted by Crippen LogP contribution is -2.48. The molecular weight excluding hydrogens is 648 g/mol. The topological polar surface area (TPSA) is 200 Å². The first-order chi connectivity index (χ1) is 22.7. The molecule has 1 amide bonds. The molecule has 48 heavy (non-hydrogen) atoms. The lowest BCUT2D eigenvalue weighted by molar-refractivity contribution is -0.189. The Morgan fingerprint density at radius 1 is 1.15 bits per heavy atom. The Balaban J connectivity index is 1.59. The lowest BCUT2D eigenvalue weighted by atomic mass is 9.85. The third-order valence-electron chi connectivity index (χ3n) is 7.97. The number of esters is 2. The highest BCUT2D eigenvalue weighted by atomic mass is 32.2. The van der Waals surface area contributed by atoms with Crippen LogP contribution >= 0.6 is 0 Å². The number of aliphatic carboxylic acids is 1. The van der Waals surface area contributed by atoms with Gasteiger partial charge in [-0.3, -0.25) is 14.4 Å². The van der Waals surface area contributed by atoms with E-state index in [9.17, 15) is 32.4 Å². The molecule has 2 aliphatic heterocycles. The van der Waals surface area contributed by atoms with Crippen molar-refractivity contribution in [3.63, 3.8) is 0 Å². The molecule has 5 rings (SSSR count). The highest BCUT2D eigenvalue weighted by Gasteiger charge is 2.50. The number of carboxylic acids is 1. The highest BCUT2D eigenvalue weighted by Crippen LogP contribution is 2.42. The van der Waals surface area contributed by atoms with Crippen LogP contribution in [-0.4, -0.2) is 78.2 Å². The molecule has 0 radical (unpaired) electrons. The van der Waals surface area contributed by atoms with Crippen LogP contribution in [-0.2, 0) is 64.1 Å². The maximum absolute atomic E-state index is 14.0. The maximum atomic E-state index is 14.0. The van der Waals surface area contributed by atoms with Crippen LogP contribution in [0.3, 0.4) is 0 Å². The number of amides is 1. The number of carbonyl (C=O) groups excluding carboxylic acids is 3. The van der Waals surface area contributed by atoms with Crippen LogP contribution < -0.4 is 15.1 Å². The summed E-state index contributed by atoms with van der Waals surface area (Å²) in [6.07, 6.45) is 1.61. The van der Waals surface area contributed by atoms with Crippen molar-refractivity contribution in [2.24, 2.45) is 0 Å². The van der Waals surface area contributed by atoms with Crippen molar-refractivity contribution in [2.75, 3.05) is 26.4 Å². The van der Waals surface area contributed by atoms with E-state index in [1.54, 1.807) is 32.0 Å². The SMILES string of the molecule is CCCS(=O)(=O)Oc1ccc2nc3c(c(CN(C)C)c2c1)Cn1c-3cc2c(c1=O)COC(=O)C2(CC)OC(=O)CNC(=O)C=CC(=O)O. The number of hydrogen-bond donors (Lipinski definition) is 2. The number of ether oxygens (including phenoxy) is 2. The molecule has 1 aromatic carbocycles. The fourth-order valence-electron chi connectivity index (χ4n) is 5.88. The predicted octanol–water partition coefficient (Wildman–Crippen LogP) is 1.57. The van der Waals surface area contributed by atoms with Crippen LogP contribution in [0.25, 0.3) is 22.3 Å². The molecule has 16 heteroatoms. The predicted molar refractivity (Wildman–Crippen MR) is 170 cm³/mol. The summed E-state index contributed by atoms with van der Waals surface area (Å²) in [4.78, 5) is 69.5. The molecule has 0 saturated carbocycles. The number of benzene rings is 1. The summed E-state index contributed by atoms with van der Waals surface area (Å²) >= 11 is 0. The van der Waals surface area contributed by atoms with Gasteiger partial charge in [0.2, 0.25) is 11.5 Å². The molecule has 2 aliphatic rings. The smallest absolute Gasteiger partial charge is 0.355 e. The van der Waals surface area contributed by atoms with Crippen molar-refractivity contribution in [2.45, 2.75) is 52.0 Å². The Kier molecular flexibility index (Phi) is 9.42. The van der Waals surface area contributed by atoms with E-state index >= 15 is 0 Å². The average Bonchev–Trinajstić information content (AvgIpc) is 3.39. The molecule has 3 aromatic rings. The van der Waals surface area contributed by atoms with Gasteiger partial charge in [0.05, 0.1) is 34.8 Å². The van der Waals surface area contributed by atoms with Crippen molar-refractivity contribution >= 4 is 44.8 Å². The van der Waals surface area contributed by atoms with E-state index in [0.29, 0.717) is 46.9 Å². The summed E-state index contributed by atoms with van der Waals surface area (Å²) < 4.78 is 42.6. The molecule has 0 bridgehead atoms. The molecule has 4 heterocycles. The highest BCUT2D eigenvalue weighted by molar-refractivity contribution is 7.87. The fourth-order valence-corrected chi connectivity index (χ4v) is 6.86. The summed E-state index contributed by atoms with van der Waals surface area (Å²) in [7, 11) is -0.0558. The molecule has 1 unspecified atom stereocenters. The van der Waals surface area contributed by atoms with Crippen LogP contribution in [0, 0.1) is 0 Å². The van der Waals surface area contributed by atoms with E-state index in [1.807, 2.05) is 19.0 Å². The van der Waals surface area contributed by atoms with Crippen LogP contribution in [0.2, 0.25) is 0 Å². The molecular formula is C32H34N4O11S. The van der Waals surface area contributed by atoms with Crippen LogP contribution in [0.1, 0.15) is 48.9 Å². The number of nitrogens with one attached hydrogen (secondary N) is 1. The number of pyridine rings is 2.